The number of pyridine rings is 1. The third-order valence-corrected chi connectivity index (χ3v) is 5.93. The van der Waals surface area contributed by atoms with E-state index in [2.05, 4.69) is 33.5 Å². The molecule has 0 saturated carbocycles. The highest BCUT2D eigenvalue weighted by atomic mass is 15.4. The predicted octanol–water partition coefficient (Wildman–Crippen LogP) is 5.09. The number of hydrogen-bond donors (Lipinski definition) is 2. The van der Waals surface area contributed by atoms with Gasteiger partial charge in [0, 0.05) is 42.8 Å². The number of nitrogens with zero attached hydrogens (tertiary/aromatic N) is 5. The fourth-order valence-electron chi connectivity index (χ4n) is 4.07. The molecule has 4 rings (SSSR count). The van der Waals surface area contributed by atoms with Crippen LogP contribution in [0.4, 0.5) is 0 Å². The average molecular weight is 468 g/mol. The summed E-state index contributed by atoms with van der Waals surface area (Å²) in [4.78, 5) is 4.13. The Labute approximate surface area is 207 Å². The average Bonchev–Trinajstić information content (AvgIpc) is 3.38. The van der Waals surface area contributed by atoms with Gasteiger partial charge in [-0.1, -0.05) is 79.1 Å². The highest BCUT2D eigenvalue weighted by Crippen LogP contribution is 2.26. The maximum absolute atomic E-state index is 6.42. The van der Waals surface area contributed by atoms with E-state index in [1.54, 1.807) is 17.4 Å². The Morgan fingerprint density at radius 3 is 2.43 bits per heavy atom. The number of nitrogens with two attached hydrogens (primary N) is 2. The lowest BCUT2D eigenvalue weighted by Gasteiger charge is -2.16. The normalized spacial score (nSPS) is 11.5. The van der Waals surface area contributed by atoms with Crippen molar-refractivity contribution in [1.29, 1.82) is 0 Å². The summed E-state index contributed by atoms with van der Waals surface area (Å²) in [6.45, 7) is 1.64. The third-order valence-electron chi connectivity index (χ3n) is 5.93. The van der Waals surface area contributed by atoms with E-state index in [0.29, 0.717) is 5.70 Å². The van der Waals surface area contributed by atoms with Crippen molar-refractivity contribution >= 4 is 5.70 Å². The highest BCUT2D eigenvalue weighted by Gasteiger charge is 2.08. The molecular weight excluding hydrogens is 434 g/mol. The van der Waals surface area contributed by atoms with Crippen LogP contribution >= 0.6 is 0 Å². The van der Waals surface area contributed by atoms with Gasteiger partial charge in [-0.3, -0.25) is 9.67 Å². The first-order chi connectivity index (χ1) is 17.2. The van der Waals surface area contributed by atoms with Gasteiger partial charge >= 0.3 is 0 Å². The zero-order valence-electron chi connectivity index (χ0n) is 20.0. The molecule has 0 bridgehead atoms. The Bertz CT molecular complexity index is 1200. The molecule has 0 spiro atoms. The topological polar surface area (TPSA) is 98.9 Å². The Hall–Kier alpha value is -3.97. The molecule has 4 aromatic rings. The number of hydrogen-bond acceptors (Lipinski definition) is 6. The van der Waals surface area contributed by atoms with Crippen molar-refractivity contribution in [3.63, 3.8) is 0 Å². The SMILES string of the molecule is N/C(=C\N(N)CCCCCCCn1cc(-c2cccnc2)nn1)c1ccccc1-c1ccccc1. The molecule has 0 fully saturated rings. The van der Waals surface area contributed by atoms with Crippen molar-refractivity contribution < 1.29 is 0 Å². The summed E-state index contributed by atoms with van der Waals surface area (Å²) < 4.78 is 1.91. The van der Waals surface area contributed by atoms with Crippen molar-refractivity contribution in [1.82, 2.24) is 25.0 Å². The van der Waals surface area contributed by atoms with Crippen LogP contribution in [0, 0.1) is 0 Å². The monoisotopic (exact) mass is 467 g/mol. The van der Waals surface area contributed by atoms with E-state index in [-0.39, 0.29) is 0 Å². The number of rotatable bonds is 12. The van der Waals surface area contributed by atoms with Crippen LogP contribution in [0.3, 0.4) is 0 Å². The fourth-order valence-corrected chi connectivity index (χ4v) is 4.07. The van der Waals surface area contributed by atoms with Gasteiger partial charge in [-0.2, -0.15) is 0 Å². The van der Waals surface area contributed by atoms with Gasteiger partial charge in [0.05, 0.1) is 11.9 Å². The van der Waals surface area contributed by atoms with E-state index < -0.39 is 0 Å². The standard InChI is InChI=1S/C28H33N7/c29-27(26-16-8-7-15-25(26)23-12-5-4-6-13-23)21-34(30)18-9-2-1-3-10-19-35-22-28(32-33-35)24-14-11-17-31-20-24/h4-8,11-17,20-22H,1-3,9-10,18-19,29-30H2/b27-21-. The van der Waals surface area contributed by atoms with Crippen LogP contribution in [0.25, 0.3) is 28.1 Å². The molecule has 0 atom stereocenters. The molecule has 2 aromatic heterocycles. The molecule has 0 aliphatic rings. The second kappa shape index (κ2) is 12.5. The molecule has 0 amide bonds. The summed E-state index contributed by atoms with van der Waals surface area (Å²) in [7, 11) is 0. The summed E-state index contributed by atoms with van der Waals surface area (Å²) in [5.74, 6) is 6.22. The largest absolute Gasteiger partial charge is 0.397 e. The molecule has 0 saturated heterocycles. The van der Waals surface area contributed by atoms with Crippen LogP contribution in [0.15, 0.2) is 91.5 Å². The minimum absolute atomic E-state index is 0.672. The van der Waals surface area contributed by atoms with E-state index in [4.69, 9.17) is 11.6 Å². The van der Waals surface area contributed by atoms with Crippen LogP contribution in [-0.2, 0) is 6.54 Å². The number of hydrazine groups is 1. The summed E-state index contributed by atoms with van der Waals surface area (Å²) in [6.07, 6.45) is 12.9. The molecule has 7 nitrogen and oxygen atoms in total. The van der Waals surface area contributed by atoms with Crippen molar-refractivity contribution in [3.8, 4) is 22.4 Å². The zero-order valence-corrected chi connectivity index (χ0v) is 20.0. The van der Waals surface area contributed by atoms with E-state index >= 15 is 0 Å². The molecule has 35 heavy (non-hydrogen) atoms. The maximum Gasteiger partial charge on any atom is 0.114 e. The summed E-state index contributed by atoms with van der Waals surface area (Å²) in [5.41, 5.74) is 12.2. The van der Waals surface area contributed by atoms with Crippen molar-refractivity contribution in [2.24, 2.45) is 11.6 Å². The van der Waals surface area contributed by atoms with Gasteiger partial charge in [0.1, 0.15) is 5.69 Å². The minimum atomic E-state index is 0.672. The summed E-state index contributed by atoms with van der Waals surface area (Å²) in [5, 5.41) is 10.2. The first-order valence-corrected chi connectivity index (χ1v) is 12.1. The molecule has 4 N–H and O–H groups in total. The van der Waals surface area contributed by atoms with Crippen molar-refractivity contribution in [2.45, 2.75) is 38.6 Å². The second-order valence-corrected chi connectivity index (χ2v) is 8.61. The number of aromatic nitrogens is 4. The predicted molar refractivity (Wildman–Crippen MR) is 141 cm³/mol. The Morgan fingerprint density at radius 2 is 1.60 bits per heavy atom. The molecular formula is C28H33N7. The number of aryl methyl sites for hydroxylation is 1. The van der Waals surface area contributed by atoms with E-state index in [1.807, 2.05) is 65.6 Å². The van der Waals surface area contributed by atoms with Crippen molar-refractivity contribution in [2.75, 3.05) is 6.54 Å². The maximum atomic E-state index is 6.42. The first kappa shape index (κ1) is 24.2. The Kier molecular flexibility index (Phi) is 8.62. The third kappa shape index (κ3) is 7.01. The van der Waals surface area contributed by atoms with E-state index in [1.165, 1.54) is 0 Å². The molecule has 0 unspecified atom stereocenters. The van der Waals surface area contributed by atoms with E-state index in [0.717, 1.165) is 73.1 Å². The van der Waals surface area contributed by atoms with Gasteiger partial charge in [0.25, 0.3) is 0 Å². The van der Waals surface area contributed by atoms with Crippen LogP contribution in [0.2, 0.25) is 0 Å². The highest BCUT2D eigenvalue weighted by molar-refractivity contribution is 5.79. The van der Waals surface area contributed by atoms with Crippen molar-refractivity contribution in [3.05, 3.63) is 97.1 Å². The lowest BCUT2D eigenvalue weighted by atomic mass is 9.98. The van der Waals surface area contributed by atoms with Gasteiger partial charge in [-0.05, 0) is 36.1 Å². The summed E-state index contributed by atoms with van der Waals surface area (Å²) >= 11 is 0. The summed E-state index contributed by atoms with van der Waals surface area (Å²) in [6, 6.07) is 22.3. The lowest BCUT2D eigenvalue weighted by Crippen LogP contribution is -2.27. The van der Waals surface area contributed by atoms with Crippen LogP contribution in [0.1, 0.15) is 37.7 Å². The van der Waals surface area contributed by atoms with Gasteiger partial charge in [-0.15, -0.1) is 5.10 Å². The van der Waals surface area contributed by atoms with Crippen LogP contribution < -0.4 is 11.6 Å². The van der Waals surface area contributed by atoms with Gasteiger partial charge in [-0.25, -0.2) is 5.84 Å². The Balaban J connectivity index is 1.17. The van der Waals surface area contributed by atoms with Crippen LogP contribution in [0.5, 0.6) is 0 Å². The zero-order chi connectivity index (χ0) is 24.3. The quantitative estimate of drug-likeness (QED) is 0.171. The molecule has 0 aliphatic heterocycles. The number of benzene rings is 2. The van der Waals surface area contributed by atoms with Gasteiger partial charge < -0.3 is 10.7 Å². The fraction of sp³-hybridized carbons (Fsp3) is 0.250. The molecule has 0 aliphatic carbocycles. The van der Waals surface area contributed by atoms with E-state index in [9.17, 15) is 0 Å². The Morgan fingerprint density at radius 1 is 0.857 bits per heavy atom. The molecule has 0 radical (unpaired) electrons. The first-order valence-electron chi connectivity index (χ1n) is 12.1. The number of unbranched alkanes of at least 4 members (excludes halogenated alkanes) is 4. The molecule has 180 valence electrons. The second-order valence-electron chi connectivity index (χ2n) is 8.61. The van der Waals surface area contributed by atoms with Gasteiger partial charge in [0.15, 0.2) is 0 Å². The molecule has 2 heterocycles. The van der Waals surface area contributed by atoms with Crippen LogP contribution in [-0.4, -0.2) is 31.5 Å². The molecule has 7 heteroatoms. The minimum Gasteiger partial charge on any atom is -0.397 e. The van der Waals surface area contributed by atoms with Gasteiger partial charge in [0.2, 0.25) is 0 Å². The lowest BCUT2D eigenvalue weighted by molar-refractivity contribution is 0.376. The smallest absolute Gasteiger partial charge is 0.114 e. The molecule has 2 aromatic carbocycles.